The van der Waals surface area contributed by atoms with Crippen LogP contribution in [0, 0.1) is 5.92 Å². The number of rotatable bonds is 6. The number of piperidine rings is 1. The van der Waals surface area contributed by atoms with Crippen molar-refractivity contribution in [2.75, 3.05) is 23.7 Å². The van der Waals surface area contributed by atoms with E-state index in [1.165, 1.54) is 9.87 Å². The van der Waals surface area contributed by atoms with Gasteiger partial charge in [0.15, 0.2) is 0 Å². The number of para-hydroxylation sites is 1. The summed E-state index contributed by atoms with van der Waals surface area (Å²) in [5, 5.41) is 6.30. The number of nitrogens with one attached hydrogen (secondary N) is 2. The second-order valence-corrected chi connectivity index (χ2v) is 11.0. The molecule has 0 spiro atoms. The van der Waals surface area contributed by atoms with Crippen LogP contribution in [0.25, 0.3) is 0 Å². The molecule has 1 heterocycles. The van der Waals surface area contributed by atoms with Crippen LogP contribution in [-0.4, -0.2) is 31.7 Å². The number of amides is 1. The number of hydrogen-bond acceptors (Lipinski definition) is 4. The maximum Gasteiger partial charge on any atom is 0.243 e. The standard InChI is InChI=1S/C27H29N3O3S/c31-27(29-25-12-10-24(11-13-25)28-23-7-2-1-3-8-23)21-15-17-30(18-16-21)34(32,33)26-14-9-20-5-4-6-22(20)19-26/h1-3,7-14,19,21,28H,4-6,15-18H2,(H,29,31). The molecule has 2 aliphatic rings. The van der Waals surface area contributed by atoms with Crippen molar-refractivity contribution in [3.63, 3.8) is 0 Å². The number of aryl methyl sites for hydroxylation is 2. The Morgan fingerprint density at radius 3 is 2.18 bits per heavy atom. The van der Waals surface area contributed by atoms with E-state index in [4.69, 9.17) is 0 Å². The van der Waals surface area contributed by atoms with Crippen molar-refractivity contribution in [1.29, 1.82) is 0 Å². The van der Waals surface area contributed by atoms with E-state index >= 15 is 0 Å². The Morgan fingerprint density at radius 1 is 0.794 bits per heavy atom. The average molecular weight is 476 g/mol. The predicted molar refractivity (Wildman–Crippen MR) is 135 cm³/mol. The van der Waals surface area contributed by atoms with E-state index in [0.717, 1.165) is 41.9 Å². The quantitative estimate of drug-likeness (QED) is 0.528. The van der Waals surface area contributed by atoms with Gasteiger partial charge in [-0.3, -0.25) is 4.79 Å². The van der Waals surface area contributed by atoms with E-state index in [0.29, 0.717) is 30.8 Å². The Hall–Kier alpha value is -3.16. The molecule has 176 valence electrons. The van der Waals surface area contributed by atoms with Crippen LogP contribution in [-0.2, 0) is 27.7 Å². The number of anilines is 3. The zero-order valence-electron chi connectivity index (χ0n) is 19.0. The zero-order valence-corrected chi connectivity index (χ0v) is 19.9. The first-order valence-electron chi connectivity index (χ1n) is 11.8. The lowest BCUT2D eigenvalue weighted by Gasteiger charge is -2.30. The molecule has 7 heteroatoms. The lowest BCUT2D eigenvalue weighted by atomic mass is 9.97. The molecule has 0 unspecified atom stereocenters. The topological polar surface area (TPSA) is 78.5 Å². The molecular weight excluding hydrogens is 446 g/mol. The van der Waals surface area contributed by atoms with Crippen LogP contribution in [0.1, 0.15) is 30.4 Å². The van der Waals surface area contributed by atoms with Crippen molar-refractivity contribution >= 4 is 33.0 Å². The van der Waals surface area contributed by atoms with Crippen molar-refractivity contribution in [3.05, 3.63) is 83.9 Å². The minimum atomic E-state index is -3.53. The summed E-state index contributed by atoms with van der Waals surface area (Å²) in [6.07, 6.45) is 4.10. The number of carbonyl (C=O) groups excluding carboxylic acids is 1. The molecule has 6 nitrogen and oxygen atoms in total. The van der Waals surface area contributed by atoms with Crippen molar-refractivity contribution in [3.8, 4) is 0 Å². The van der Waals surface area contributed by atoms with Gasteiger partial charge in [-0.25, -0.2) is 8.42 Å². The number of nitrogens with zero attached hydrogens (tertiary/aromatic N) is 1. The molecule has 1 aliphatic carbocycles. The van der Waals surface area contributed by atoms with Crippen LogP contribution in [0.2, 0.25) is 0 Å². The monoisotopic (exact) mass is 475 g/mol. The van der Waals surface area contributed by atoms with Gasteiger partial charge in [0.1, 0.15) is 0 Å². The summed E-state index contributed by atoms with van der Waals surface area (Å²) in [6, 6.07) is 23.0. The van der Waals surface area contributed by atoms with Crippen LogP contribution in [0.4, 0.5) is 17.1 Å². The fourth-order valence-corrected chi connectivity index (χ4v) is 6.31. The van der Waals surface area contributed by atoms with Crippen molar-refractivity contribution in [1.82, 2.24) is 4.31 Å². The van der Waals surface area contributed by atoms with Crippen LogP contribution in [0.15, 0.2) is 77.7 Å². The van der Waals surface area contributed by atoms with Crippen LogP contribution in [0.3, 0.4) is 0 Å². The summed E-state index contributed by atoms with van der Waals surface area (Å²) in [5.41, 5.74) is 5.09. The molecule has 0 radical (unpaired) electrons. The minimum absolute atomic E-state index is 0.0571. The molecule has 1 fully saturated rings. The van der Waals surface area contributed by atoms with E-state index in [9.17, 15) is 13.2 Å². The number of hydrogen-bond donors (Lipinski definition) is 2. The number of carbonyl (C=O) groups is 1. The number of fused-ring (bicyclic) bond motifs is 1. The molecule has 3 aromatic carbocycles. The first-order chi connectivity index (χ1) is 16.5. The highest BCUT2D eigenvalue weighted by Gasteiger charge is 2.32. The summed E-state index contributed by atoms with van der Waals surface area (Å²) in [5.74, 6) is -0.257. The van der Waals surface area contributed by atoms with Gasteiger partial charge in [-0.05, 0) is 91.8 Å². The smallest absolute Gasteiger partial charge is 0.243 e. The fraction of sp³-hybridized carbons (Fsp3) is 0.296. The Kier molecular flexibility index (Phi) is 6.39. The Bertz CT molecular complexity index is 1270. The van der Waals surface area contributed by atoms with E-state index in [2.05, 4.69) is 10.6 Å². The maximum atomic E-state index is 13.1. The highest BCUT2D eigenvalue weighted by atomic mass is 32.2. The van der Waals surface area contributed by atoms with Gasteiger partial charge in [-0.2, -0.15) is 4.31 Å². The van der Waals surface area contributed by atoms with Gasteiger partial charge in [0.25, 0.3) is 0 Å². The first kappa shape index (κ1) is 22.6. The van der Waals surface area contributed by atoms with Gasteiger partial charge >= 0.3 is 0 Å². The molecular formula is C27H29N3O3S. The molecule has 0 saturated carbocycles. The van der Waals surface area contributed by atoms with Gasteiger partial charge in [-0.15, -0.1) is 0 Å². The van der Waals surface area contributed by atoms with Gasteiger partial charge in [0.05, 0.1) is 4.90 Å². The summed E-state index contributed by atoms with van der Waals surface area (Å²) < 4.78 is 27.8. The second-order valence-electron chi connectivity index (χ2n) is 9.02. The third-order valence-corrected chi connectivity index (χ3v) is 8.64. The summed E-state index contributed by atoms with van der Waals surface area (Å²) in [6.45, 7) is 0.717. The molecule has 5 rings (SSSR count). The van der Waals surface area contributed by atoms with Crippen LogP contribution in [0.5, 0.6) is 0 Å². The SMILES string of the molecule is O=C(Nc1ccc(Nc2ccccc2)cc1)C1CCN(S(=O)(=O)c2ccc3c(c2)CCC3)CC1. The normalized spacial score (nSPS) is 16.7. The number of benzene rings is 3. The van der Waals surface area contributed by atoms with E-state index in [1.54, 1.807) is 6.07 Å². The third kappa shape index (κ3) is 4.86. The van der Waals surface area contributed by atoms with Gasteiger partial charge in [0, 0.05) is 36.1 Å². The highest BCUT2D eigenvalue weighted by Crippen LogP contribution is 2.29. The van der Waals surface area contributed by atoms with Crippen molar-refractivity contribution < 1.29 is 13.2 Å². The van der Waals surface area contributed by atoms with Gasteiger partial charge in [0.2, 0.25) is 15.9 Å². The Balaban J connectivity index is 1.16. The van der Waals surface area contributed by atoms with Crippen LogP contribution >= 0.6 is 0 Å². The lowest BCUT2D eigenvalue weighted by molar-refractivity contribution is -0.120. The van der Waals surface area contributed by atoms with E-state index in [1.807, 2.05) is 66.7 Å². The highest BCUT2D eigenvalue weighted by molar-refractivity contribution is 7.89. The van der Waals surface area contributed by atoms with Crippen LogP contribution < -0.4 is 10.6 Å². The molecule has 1 amide bonds. The summed E-state index contributed by atoms with van der Waals surface area (Å²) in [7, 11) is -3.53. The van der Waals surface area contributed by atoms with Crippen molar-refractivity contribution in [2.24, 2.45) is 5.92 Å². The number of sulfonamides is 1. The first-order valence-corrected chi connectivity index (χ1v) is 13.3. The Labute approximate surface area is 201 Å². The van der Waals surface area contributed by atoms with E-state index in [-0.39, 0.29) is 11.8 Å². The molecule has 0 atom stereocenters. The third-order valence-electron chi connectivity index (χ3n) is 6.75. The predicted octanol–water partition coefficient (Wildman–Crippen LogP) is 4.96. The summed E-state index contributed by atoms with van der Waals surface area (Å²) in [4.78, 5) is 13.2. The second kappa shape index (κ2) is 9.60. The average Bonchev–Trinajstić information content (AvgIpc) is 3.34. The molecule has 1 aliphatic heterocycles. The fourth-order valence-electron chi connectivity index (χ4n) is 4.79. The Morgan fingerprint density at radius 2 is 1.44 bits per heavy atom. The molecule has 2 N–H and O–H groups in total. The minimum Gasteiger partial charge on any atom is -0.356 e. The zero-order chi connectivity index (χ0) is 23.5. The molecule has 0 aromatic heterocycles. The summed E-state index contributed by atoms with van der Waals surface area (Å²) >= 11 is 0. The largest absolute Gasteiger partial charge is 0.356 e. The lowest BCUT2D eigenvalue weighted by Crippen LogP contribution is -2.41. The molecule has 34 heavy (non-hydrogen) atoms. The molecule has 0 bridgehead atoms. The van der Waals surface area contributed by atoms with Gasteiger partial charge in [-0.1, -0.05) is 24.3 Å². The maximum absolute atomic E-state index is 13.1. The van der Waals surface area contributed by atoms with E-state index < -0.39 is 10.0 Å². The van der Waals surface area contributed by atoms with Gasteiger partial charge < -0.3 is 10.6 Å². The van der Waals surface area contributed by atoms with Crippen molar-refractivity contribution in [2.45, 2.75) is 37.0 Å². The molecule has 1 saturated heterocycles. The molecule has 3 aromatic rings.